The summed E-state index contributed by atoms with van der Waals surface area (Å²) in [5.74, 6) is -1.51. The van der Waals surface area contributed by atoms with Crippen molar-refractivity contribution >= 4 is 67.2 Å². The third-order valence-electron chi connectivity index (χ3n) is 9.42. The zero-order chi connectivity index (χ0) is 42.5. The summed E-state index contributed by atoms with van der Waals surface area (Å²) >= 11 is 1.94. The van der Waals surface area contributed by atoms with E-state index < -0.39 is 54.0 Å². The Morgan fingerprint density at radius 3 is 1.36 bits per heavy atom. The second-order valence-electron chi connectivity index (χ2n) is 18.4. The number of Topliss-reactive ketones (excluding diaryl/α,β-unsaturated/α-hetero) is 2. The number of nitrogens with zero attached hydrogens (tertiary/aromatic N) is 1. The lowest BCUT2D eigenvalue weighted by molar-refractivity contribution is -0.110. The van der Waals surface area contributed by atoms with Gasteiger partial charge in [-0.15, -0.1) is 0 Å². The van der Waals surface area contributed by atoms with E-state index in [-0.39, 0.29) is 44.0 Å². The highest BCUT2D eigenvalue weighted by Crippen LogP contribution is 2.55. The van der Waals surface area contributed by atoms with Crippen molar-refractivity contribution in [3.8, 4) is 11.5 Å². The smallest absolute Gasteiger partial charge is 0.197 e. The minimum Gasteiger partial charge on any atom is -0.507 e. The van der Waals surface area contributed by atoms with Crippen LogP contribution in [-0.2, 0) is 42.5 Å². The molecule has 0 radical (unpaired) electrons. The molecule has 2 aromatic carbocycles. The van der Waals surface area contributed by atoms with Crippen LogP contribution in [0.5, 0.6) is 11.5 Å². The van der Waals surface area contributed by atoms with E-state index in [0.717, 1.165) is 0 Å². The molecule has 0 spiro atoms. The molecule has 12 heteroatoms. The molecular formula is C44H54N2O7S3. The van der Waals surface area contributed by atoms with Crippen molar-refractivity contribution in [3.63, 3.8) is 0 Å². The predicted molar refractivity (Wildman–Crippen MR) is 230 cm³/mol. The van der Waals surface area contributed by atoms with Crippen LogP contribution in [0.15, 0.2) is 57.7 Å². The van der Waals surface area contributed by atoms with Crippen molar-refractivity contribution in [3.05, 3.63) is 91.6 Å². The first kappa shape index (κ1) is 44.8. The van der Waals surface area contributed by atoms with E-state index in [2.05, 4.69) is 4.98 Å². The standard InChI is InChI=1S/C44H54N2O7S3/c1-23(47)54-38-37(56-32(49)17-25-15-16-45-22-25)44(39(46-38)55-24(2)48,35(52)26-18-28(40(3,4)5)33(50)29(19-26)41(6,7)8)36(53)27-20-30(42(9,10)11)34(51)31(21-27)43(12,13)14/h15-16,18-22,45,50-51H,17H2,1-14H3. The highest BCUT2D eigenvalue weighted by Gasteiger charge is 2.60. The number of aliphatic imine (C=N–C) groups is 1. The Morgan fingerprint density at radius 1 is 0.643 bits per heavy atom. The van der Waals surface area contributed by atoms with Gasteiger partial charge < -0.3 is 15.2 Å². The van der Waals surface area contributed by atoms with E-state index in [9.17, 15) is 24.6 Å². The van der Waals surface area contributed by atoms with Crippen molar-refractivity contribution in [2.75, 3.05) is 0 Å². The van der Waals surface area contributed by atoms with Crippen LogP contribution in [0.1, 0.15) is 145 Å². The summed E-state index contributed by atoms with van der Waals surface area (Å²) in [6.45, 7) is 25.4. The molecule has 0 amide bonds. The average molecular weight is 819 g/mol. The number of nitrogens with one attached hydrogen (secondary N) is 1. The number of phenols is 2. The summed E-state index contributed by atoms with van der Waals surface area (Å²) in [5, 5.41) is 21.8. The molecule has 1 aliphatic rings. The van der Waals surface area contributed by atoms with Crippen LogP contribution in [0.4, 0.5) is 0 Å². The number of thioether (sulfide) groups is 3. The second kappa shape index (κ2) is 15.8. The Hall–Kier alpha value is -3.87. The van der Waals surface area contributed by atoms with Gasteiger partial charge in [0, 0.05) is 66.0 Å². The van der Waals surface area contributed by atoms with E-state index in [1.54, 1.807) is 42.7 Å². The first-order valence-electron chi connectivity index (χ1n) is 18.4. The van der Waals surface area contributed by atoms with Gasteiger partial charge in [-0.25, -0.2) is 4.99 Å². The fourth-order valence-corrected chi connectivity index (χ4v) is 9.50. The number of allylic oxidation sites excluding steroid dienone is 1. The van der Waals surface area contributed by atoms with Gasteiger partial charge in [-0.05, 0) is 81.1 Å². The summed E-state index contributed by atoms with van der Waals surface area (Å²) in [7, 11) is 0. The van der Waals surface area contributed by atoms with Crippen molar-refractivity contribution < 1.29 is 34.2 Å². The van der Waals surface area contributed by atoms with Crippen LogP contribution in [0.3, 0.4) is 0 Å². The molecule has 0 aliphatic carbocycles. The lowest BCUT2D eigenvalue weighted by atomic mass is 9.71. The molecule has 0 atom stereocenters. The number of aromatic amines is 1. The molecule has 1 aliphatic heterocycles. The number of benzene rings is 2. The van der Waals surface area contributed by atoms with Crippen LogP contribution < -0.4 is 0 Å². The van der Waals surface area contributed by atoms with Crippen molar-refractivity contribution in [2.24, 2.45) is 10.4 Å². The van der Waals surface area contributed by atoms with Gasteiger partial charge in [0.25, 0.3) is 0 Å². The van der Waals surface area contributed by atoms with Crippen LogP contribution in [0.25, 0.3) is 0 Å². The number of phenolic OH excluding ortho intramolecular Hbond substituents is 2. The number of H-pyrrole nitrogens is 1. The predicted octanol–water partition coefficient (Wildman–Crippen LogP) is 10.3. The Bertz CT molecular complexity index is 2000. The SMILES string of the molecule is CC(=O)SC1=NC(SC(C)=O)=C(SC(=O)Cc2cc[nH]c2)C1(C(=O)c1cc(C(C)(C)C)c(O)c(C(C)(C)C)c1)C(=O)c1cc(C(C)(C)C)c(O)c(C(C)(C)C)c1. The van der Waals surface area contributed by atoms with E-state index in [1.807, 2.05) is 83.1 Å². The summed E-state index contributed by atoms with van der Waals surface area (Å²) in [5.41, 5.74) is -2.45. The van der Waals surface area contributed by atoms with Gasteiger partial charge in [0.05, 0.1) is 4.91 Å². The molecule has 56 heavy (non-hydrogen) atoms. The van der Waals surface area contributed by atoms with E-state index in [1.165, 1.54) is 13.8 Å². The molecular weight excluding hydrogens is 765 g/mol. The molecule has 9 nitrogen and oxygen atoms in total. The number of aromatic nitrogens is 1. The Morgan fingerprint density at radius 2 is 1.04 bits per heavy atom. The largest absolute Gasteiger partial charge is 0.507 e. The number of carbonyl (C=O) groups excluding carboxylic acids is 5. The summed E-state index contributed by atoms with van der Waals surface area (Å²) in [6, 6.07) is 8.00. The number of rotatable bonds is 8. The van der Waals surface area contributed by atoms with Gasteiger partial charge in [0.1, 0.15) is 21.6 Å². The maximum atomic E-state index is 16.0. The molecule has 3 aromatic rings. The lowest BCUT2D eigenvalue weighted by Gasteiger charge is -2.34. The van der Waals surface area contributed by atoms with E-state index in [4.69, 9.17) is 4.99 Å². The van der Waals surface area contributed by atoms with Gasteiger partial charge >= 0.3 is 0 Å². The lowest BCUT2D eigenvalue weighted by Crippen LogP contribution is -2.46. The molecule has 3 N–H and O–H groups in total. The van der Waals surface area contributed by atoms with E-state index >= 15 is 9.59 Å². The Kier molecular flexibility index (Phi) is 12.7. The molecule has 4 rings (SSSR count). The van der Waals surface area contributed by atoms with Crippen LogP contribution in [0.2, 0.25) is 0 Å². The third kappa shape index (κ3) is 9.13. The summed E-state index contributed by atoms with van der Waals surface area (Å²) in [6.07, 6.45) is 3.27. The number of carbonyl (C=O) groups is 5. The van der Waals surface area contributed by atoms with Gasteiger partial charge in [0.15, 0.2) is 32.3 Å². The molecule has 0 fully saturated rings. The Labute approximate surface area is 343 Å². The topological polar surface area (TPSA) is 154 Å². The maximum absolute atomic E-state index is 16.0. The van der Waals surface area contributed by atoms with Crippen LogP contribution in [0, 0.1) is 5.41 Å². The highest BCUT2D eigenvalue weighted by atomic mass is 32.2. The van der Waals surface area contributed by atoms with Crippen molar-refractivity contribution in [2.45, 2.75) is 125 Å². The first-order valence-corrected chi connectivity index (χ1v) is 20.8. The monoisotopic (exact) mass is 818 g/mol. The quantitative estimate of drug-likeness (QED) is 0.148. The van der Waals surface area contributed by atoms with Gasteiger partial charge in [-0.3, -0.25) is 24.0 Å². The van der Waals surface area contributed by atoms with Crippen LogP contribution >= 0.6 is 35.3 Å². The molecule has 0 bridgehead atoms. The van der Waals surface area contributed by atoms with Gasteiger partial charge in [0.2, 0.25) is 0 Å². The third-order valence-corrected chi connectivity index (χ3v) is 12.3. The van der Waals surface area contributed by atoms with E-state index in [0.29, 0.717) is 63.1 Å². The van der Waals surface area contributed by atoms with Crippen molar-refractivity contribution in [1.82, 2.24) is 4.98 Å². The number of aromatic hydroxyl groups is 2. The average Bonchev–Trinajstić information content (AvgIpc) is 3.63. The maximum Gasteiger partial charge on any atom is 0.197 e. The molecule has 0 unspecified atom stereocenters. The minimum absolute atomic E-state index is 0.0168. The van der Waals surface area contributed by atoms with Crippen molar-refractivity contribution in [1.29, 1.82) is 0 Å². The molecule has 0 saturated heterocycles. The zero-order valence-electron chi connectivity index (χ0n) is 34.9. The van der Waals surface area contributed by atoms with Gasteiger partial charge in [-0.1, -0.05) is 94.8 Å². The molecule has 300 valence electrons. The van der Waals surface area contributed by atoms with Gasteiger partial charge in [-0.2, -0.15) is 0 Å². The molecule has 1 aromatic heterocycles. The number of ketones is 2. The fourth-order valence-electron chi connectivity index (χ4n) is 6.58. The molecule has 0 saturated carbocycles. The summed E-state index contributed by atoms with van der Waals surface area (Å²) in [4.78, 5) is 79.6. The van der Waals surface area contributed by atoms with Crippen LogP contribution in [-0.4, -0.2) is 47.2 Å². The summed E-state index contributed by atoms with van der Waals surface area (Å²) < 4.78 is 0. The Balaban J connectivity index is 2.25. The first-order chi connectivity index (χ1) is 25.5. The number of hydrogen-bond acceptors (Lipinski definition) is 11. The normalized spacial score (nSPS) is 14.9. The number of hydrogen-bond donors (Lipinski definition) is 3. The second-order valence-corrected chi connectivity index (χ2v) is 21.8. The zero-order valence-corrected chi connectivity index (χ0v) is 37.3. The minimum atomic E-state index is -2.42. The molecule has 2 heterocycles. The highest BCUT2D eigenvalue weighted by molar-refractivity contribution is 8.27. The fraction of sp³-hybridized carbons (Fsp3) is 0.455.